The van der Waals surface area contributed by atoms with Gasteiger partial charge in [0.15, 0.2) is 17.6 Å². The van der Waals surface area contributed by atoms with E-state index < -0.39 is 28.2 Å². The molecule has 620 valence electrons. The number of primary amides is 1. The first kappa shape index (κ1) is 88.7. The summed E-state index contributed by atoms with van der Waals surface area (Å²) in [7, 11) is -3.87. The molecule has 5 aliphatic carbocycles. The molecule has 1 saturated carbocycles. The molecular formula is C87H94BrClF5N9O13S. The Morgan fingerprint density at radius 3 is 1.45 bits per heavy atom. The Bertz CT molecular complexity index is 5400. The maximum absolute atomic E-state index is 13.2. The Morgan fingerprint density at radius 1 is 0.573 bits per heavy atom. The molecule has 6 aliphatic rings. The summed E-state index contributed by atoms with van der Waals surface area (Å²) in [5.74, 6) is 3.04. The van der Waals surface area contributed by atoms with Crippen LogP contribution < -0.4 is 32.2 Å². The predicted octanol–water partition coefficient (Wildman–Crippen LogP) is 16.6. The van der Waals surface area contributed by atoms with Gasteiger partial charge in [0.1, 0.15) is 48.1 Å². The lowest BCUT2D eigenvalue weighted by Crippen LogP contribution is -2.34. The average Bonchev–Trinajstić information content (AvgIpc) is 1.76. The maximum atomic E-state index is 13.2. The van der Waals surface area contributed by atoms with E-state index in [0.717, 1.165) is 150 Å². The van der Waals surface area contributed by atoms with Crippen molar-refractivity contribution in [1.29, 1.82) is 0 Å². The molecule has 1 fully saturated rings. The van der Waals surface area contributed by atoms with Gasteiger partial charge in [0, 0.05) is 106 Å². The number of carboxylic acids is 2. The van der Waals surface area contributed by atoms with Gasteiger partial charge < -0.3 is 61.3 Å². The van der Waals surface area contributed by atoms with Crippen molar-refractivity contribution in [2.75, 3.05) is 31.8 Å². The monoisotopic (exact) mass is 1710 g/mol. The lowest BCUT2D eigenvalue weighted by molar-refractivity contribution is -0.149. The van der Waals surface area contributed by atoms with Gasteiger partial charge in [-0.25, -0.2) is 22.0 Å². The van der Waals surface area contributed by atoms with Gasteiger partial charge in [-0.1, -0.05) is 23.4 Å². The normalized spacial score (nSPS) is 17.6. The van der Waals surface area contributed by atoms with Gasteiger partial charge in [-0.3, -0.25) is 39.0 Å². The van der Waals surface area contributed by atoms with Crippen LogP contribution in [0.15, 0.2) is 155 Å². The molecule has 5 atom stereocenters. The number of nitrogen functional groups attached to an aromatic ring is 1. The van der Waals surface area contributed by atoms with Gasteiger partial charge in [-0.15, -0.1) is 12.4 Å². The van der Waals surface area contributed by atoms with Gasteiger partial charge in [0.05, 0.1) is 34.8 Å². The molecule has 1 amide bonds. The number of nitrogens with one attached hydrogen (secondary N) is 5. The largest absolute Gasteiger partial charge is 0.486 e. The molecule has 7 aromatic carbocycles. The number of ether oxygens (including phenoxy) is 3. The number of carbonyl (C=O) groups excluding carboxylic acids is 3. The van der Waals surface area contributed by atoms with Crippen molar-refractivity contribution >= 4 is 128 Å². The third kappa shape index (κ3) is 22.1. The van der Waals surface area contributed by atoms with Crippen molar-refractivity contribution in [2.24, 2.45) is 46.9 Å². The number of pyridine rings is 1. The summed E-state index contributed by atoms with van der Waals surface area (Å²) in [6.07, 6.45) is 11.0. The second-order valence-corrected chi connectivity index (χ2v) is 31.7. The first-order valence-electron chi connectivity index (χ1n) is 38.1. The summed E-state index contributed by atoms with van der Waals surface area (Å²) in [6.45, 7) is 4.93. The lowest BCUT2D eigenvalue weighted by Gasteiger charge is -2.27. The number of benzene rings is 7. The number of aromatic amines is 4. The molecule has 0 bridgehead atoms. The smallest absolute Gasteiger partial charge is 0.308 e. The number of Topliss-reactive ketones (excluding diaryl/α,β-unsaturated/α-hetero) is 1. The van der Waals surface area contributed by atoms with Crippen LogP contribution in [0.4, 0.5) is 27.6 Å². The molecule has 12 aromatic rings. The molecule has 30 heteroatoms. The van der Waals surface area contributed by atoms with Crippen LogP contribution in [0.5, 0.6) is 11.5 Å². The van der Waals surface area contributed by atoms with Crippen LogP contribution in [0.1, 0.15) is 116 Å². The Kier molecular flexibility index (Phi) is 30.3. The highest BCUT2D eigenvalue weighted by atomic mass is 79.9. The Hall–Kier alpha value is -10.7. The summed E-state index contributed by atoms with van der Waals surface area (Å²) in [5.41, 5.74) is 28.4. The topological polar surface area (TPSA) is 363 Å². The van der Waals surface area contributed by atoms with E-state index in [1.165, 1.54) is 78.0 Å². The Labute approximate surface area is 687 Å². The summed E-state index contributed by atoms with van der Waals surface area (Å²) >= 11 is 3.28. The van der Waals surface area contributed by atoms with Crippen LogP contribution in [0.25, 0.3) is 54.5 Å². The Morgan fingerprint density at radius 2 is 1.01 bits per heavy atom. The number of hydrogen-bond acceptors (Lipinski definition) is 15. The van der Waals surface area contributed by atoms with Crippen molar-refractivity contribution in [3.05, 3.63) is 230 Å². The fourth-order valence-corrected chi connectivity index (χ4v) is 16.5. The highest BCUT2D eigenvalue weighted by Gasteiger charge is 2.32. The lowest BCUT2D eigenvalue weighted by atomic mass is 9.86. The van der Waals surface area contributed by atoms with Crippen LogP contribution in [-0.2, 0) is 94.4 Å². The van der Waals surface area contributed by atoms with Crippen molar-refractivity contribution in [1.82, 2.24) is 24.9 Å². The number of hydrogen-bond donors (Lipinski definition) is 10. The van der Waals surface area contributed by atoms with Crippen molar-refractivity contribution < 1.29 is 82.9 Å². The first-order chi connectivity index (χ1) is 55.2. The summed E-state index contributed by atoms with van der Waals surface area (Å²) in [4.78, 5) is 73.0. The van der Waals surface area contributed by atoms with Crippen molar-refractivity contribution in [3.8, 4) is 11.5 Å². The van der Waals surface area contributed by atoms with Crippen LogP contribution in [0.2, 0.25) is 0 Å². The minimum absolute atomic E-state index is 0. The fraction of sp³-hybridized carbons (Fsp3) is 0.333. The van der Waals surface area contributed by atoms with Crippen molar-refractivity contribution in [3.63, 3.8) is 0 Å². The highest BCUT2D eigenvalue weighted by Crippen LogP contribution is 2.40. The molecule has 117 heavy (non-hydrogen) atoms. The number of carboxylic acid groups (broad SMARTS) is 2. The minimum atomic E-state index is -3.87. The molecule has 1 aliphatic heterocycles. The number of H-pyrrole nitrogens is 4. The summed E-state index contributed by atoms with van der Waals surface area (Å²) in [6, 6.07) is 38.4. The number of aliphatic carboxylic acids is 2. The van der Waals surface area contributed by atoms with E-state index in [1.807, 2.05) is 31.2 Å². The molecule has 5 aromatic heterocycles. The number of amides is 1. The van der Waals surface area contributed by atoms with E-state index in [4.69, 9.17) is 45.9 Å². The van der Waals surface area contributed by atoms with Gasteiger partial charge in [0.25, 0.3) is 10.1 Å². The number of halogens is 7. The SMILES string of the molecule is C.CCOC(=O)C1CCC(=O)CC1.Cc1ccc2c3c(ccc2n1)OC[C@H](COS(=O)(=O)c1ccc(Br)cc1)O3.Cl.NC(=O)[C@H]1CCc2[nH]c3ccc(F)cc3c2C1.NC[C@H]1CCc2[nH]c3ccc(F)cc3c2C1.NNc1ccc(F)cc1.O=C(O)C1CCc2[nH]c3ccc(F)cc3c2C1.O=C(O)[C@H]1CCc2[nH]c3ccc(F)cc3c2C1. The highest BCUT2D eigenvalue weighted by molar-refractivity contribution is 9.10. The number of anilines is 1. The van der Waals surface area contributed by atoms with E-state index >= 15 is 0 Å². The molecule has 13 N–H and O–H groups in total. The number of nitrogens with two attached hydrogens (primary N) is 3. The van der Waals surface area contributed by atoms with E-state index in [0.29, 0.717) is 87.5 Å². The number of rotatable bonds is 11. The molecule has 1 unspecified atom stereocenters. The second kappa shape index (κ2) is 40.0. The number of nitrogens with zero attached hydrogens (tertiary/aromatic N) is 1. The maximum Gasteiger partial charge on any atom is 0.308 e. The Balaban J connectivity index is 0.000000147. The number of esters is 1. The van der Waals surface area contributed by atoms with Crippen LogP contribution in [-0.4, -0.2) is 106 Å². The minimum Gasteiger partial charge on any atom is -0.486 e. The van der Waals surface area contributed by atoms with Crippen LogP contribution >= 0.6 is 28.3 Å². The zero-order valence-corrected chi connectivity index (χ0v) is 66.8. The molecule has 0 saturated heterocycles. The molecular weight excluding hydrogens is 1620 g/mol. The van der Waals surface area contributed by atoms with Crippen LogP contribution in [0.3, 0.4) is 0 Å². The third-order valence-corrected chi connectivity index (χ3v) is 23.3. The zero-order chi connectivity index (χ0) is 81.8. The number of ketones is 1. The van der Waals surface area contributed by atoms with Crippen LogP contribution in [0, 0.1) is 65.6 Å². The van der Waals surface area contributed by atoms with Gasteiger partial charge >= 0.3 is 17.9 Å². The van der Waals surface area contributed by atoms with E-state index in [9.17, 15) is 54.3 Å². The average molecular weight is 1720 g/mol. The molecule has 0 radical (unpaired) electrons. The van der Waals surface area contributed by atoms with E-state index in [2.05, 4.69) is 46.3 Å². The fourth-order valence-electron chi connectivity index (χ4n) is 15.3. The summed E-state index contributed by atoms with van der Waals surface area (Å²) in [5, 5.41) is 22.5. The van der Waals surface area contributed by atoms with E-state index in [-0.39, 0.29) is 108 Å². The molecule has 22 nitrogen and oxygen atoms in total. The third-order valence-electron chi connectivity index (χ3n) is 21.5. The molecule has 0 spiro atoms. The number of fused-ring (bicyclic) bond motifs is 15. The summed E-state index contributed by atoms with van der Waals surface area (Å²) < 4.78 is 112. The number of aromatic nitrogens is 5. The number of aryl methyl sites for hydroxylation is 5. The van der Waals surface area contributed by atoms with Crippen molar-refractivity contribution in [2.45, 2.75) is 135 Å². The second-order valence-electron chi connectivity index (χ2n) is 29.2. The number of carbonyl (C=O) groups is 5. The van der Waals surface area contributed by atoms with Gasteiger partial charge in [0.2, 0.25) is 5.91 Å². The van der Waals surface area contributed by atoms with E-state index in [1.54, 1.807) is 61.5 Å². The first-order valence-corrected chi connectivity index (χ1v) is 40.3. The molecule has 18 rings (SSSR count). The predicted molar refractivity (Wildman–Crippen MR) is 444 cm³/mol. The molecule has 6 heterocycles. The quantitative estimate of drug-likeness (QED) is 0.0189. The zero-order valence-electron chi connectivity index (χ0n) is 63.6. The van der Waals surface area contributed by atoms with Gasteiger partial charge in [-0.2, -0.15) is 8.42 Å². The standard InChI is InChI=1S/C19H16BrNO5S.C13H13FN2O.C13H15FN2.2C13H12FNO2.C9H14O3.C6H7FN2.CH4.ClH/c1-12-2-7-16-17(21-12)8-9-18-19(16)26-14(10-24-18)11-25-27(22,23)15-5-3-13(20)4-6-15;14-8-2-4-12-10(6-8)9-5-7(13(15)17)1-3-11(9)16-12;14-9-2-4-13-11(6-9)10-5-8(7-15)1-3-12(10)16-13;2*14-8-2-4-12-10(6-8)9-5-7(13(16)17)1-3-11(9)15-12;1-2-12-9(11)7-3-5-8(10)6-4-7;7-5-1-3-6(9-8)4-2-5;;/h2-9,14H,10-11H2,1H3;2,4,6-7,16H,1,3,5H2,(H2,15,17);2,4,6,8,16H,1,3,5,7,15H2;2*2,4,6-7,15H,1,3,5H2,(H,16,17);7H,2-6H2,1H3;1-4,9H,8H2;1H4;1H/t14-;7-;8-;7-;;;;;/m1000...../s1. The number of hydrazine groups is 1. The van der Waals surface area contributed by atoms with Gasteiger partial charge in [-0.05, 0) is 284 Å².